The minimum atomic E-state index is -2.96. The Morgan fingerprint density at radius 2 is 0.688 bits per heavy atom. The number of nitrogens with zero attached hydrogens (tertiary/aromatic N) is 1. The summed E-state index contributed by atoms with van der Waals surface area (Å²) in [5, 5.41) is 0. The van der Waals surface area contributed by atoms with Crippen LogP contribution in [0.2, 0.25) is 0 Å². The fourth-order valence-corrected chi connectivity index (χ4v) is 2.63. The van der Waals surface area contributed by atoms with Crippen molar-refractivity contribution >= 4 is 0 Å². The van der Waals surface area contributed by atoms with Gasteiger partial charge in [0.1, 0.15) is 11.4 Å². The van der Waals surface area contributed by atoms with E-state index in [0.29, 0.717) is 0 Å². The van der Waals surface area contributed by atoms with Gasteiger partial charge >= 0.3 is 0 Å². The monoisotopic (exact) mass is 481 g/mol. The summed E-state index contributed by atoms with van der Waals surface area (Å²) in [5.74, 6) is -37.9. The standard InChI is InChI=1S/C17F13NO/c18-2-1(3(19)5(21)6(22)4(2)20)15-11(27)10(26)14(30)17(32)31(15)16-12(28)8(24)7(23)9(25)13(16)29. The molecule has 0 amide bonds. The fourth-order valence-electron chi connectivity index (χ4n) is 2.63. The van der Waals surface area contributed by atoms with E-state index in [1.54, 1.807) is 0 Å². The maximum Gasteiger partial charge on any atom is 0.295 e. The zero-order chi connectivity index (χ0) is 24.4. The molecule has 0 aliphatic carbocycles. The van der Waals surface area contributed by atoms with Gasteiger partial charge in [0.25, 0.3) is 5.56 Å². The fraction of sp³-hybridized carbons (Fsp3) is 0. The highest BCUT2D eigenvalue weighted by Gasteiger charge is 2.37. The van der Waals surface area contributed by atoms with E-state index in [-0.39, 0.29) is 0 Å². The second-order valence-electron chi connectivity index (χ2n) is 5.79. The number of hydrogen-bond acceptors (Lipinski definition) is 1. The van der Waals surface area contributed by atoms with Gasteiger partial charge in [-0.1, -0.05) is 0 Å². The van der Waals surface area contributed by atoms with Gasteiger partial charge in [0.15, 0.2) is 52.4 Å². The highest BCUT2D eigenvalue weighted by atomic mass is 19.2. The molecule has 0 saturated carbocycles. The zero-order valence-electron chi connectivity index (χ0n) is 14.3. The third-order valence-corrected chi connectivity index (χ3v) is 4.06. The molecule has 0 radical (unpaired) electrons. The van der Waals surface area contributed by atoms with Crippen LogP contribution < -0.4 is 5.56 Å². The van der Waals surface area contributed by atoms with Crippen molar-refractivity contribution in [3.63, 3.8) is 0 Å². The number of hydrogen-bond donors (Lipinski definition) is 0. The smallest absolute Gasteiger partial charge is 0.265 e. The van der Waals surface area contributed by atoms with Gasteiger partial charge in [-0.15, -0.1) is 0 Å². The van der Waals surface area contributed by atoms with E-state index in [9.17, 15) is 61.9 Å². The highest BCUT2D eigenvalue weighted by molar-refractivity contribution is 5.66. The van der Waals surface area contributed by atoms with Gasteiger partial charge in [-0.25, -0.2) is 52.7 Å². The number of rotatable bonds is 2. The molecule has 1 aromatic heterocycles. The van der Waals surface area contributed by atoms with Crippen LogP contribution >= 0.6 is 0 Å². The molecular formula is C17F13NO. The number of aromatic nitrogens is 1. The second-order valence-corrected chi connectivity index (χ2v) is 5.79. The van der Waals surface area contributed by atoms with E-state index in [2.05, 4.69) is 0 Å². The Balaban J connectivity index is 2.71. The van der Waals surface area contributed by atoms with Crippen LogP contribution in [0.3, 0.4) is 0 Å². The maximum absolute atomic E-state index is 14.4. The Hall–Kier alpha value is -3.52. The molecule has 1 heterocycles. The molecule has 0 atom stereocenters. The van der Waals surface area contributed by atoms with E-state index in [1.807, 2.05) is 0 Å². The Morgan fingerprint density at radius 3 is 1.09 bits per heavy atom. The van der Waals surface area contributed by atoms with E-state index >= 15 is 0 Å². The molecule has 15 heteroatoms. The van der Waals surface area contributed by atoms with Crippen LogP contribution in [0.5, 0.6) is 0 Å². The minimum absolute atomic E-state index is 1.29. The number of benzene rings is 2. The van der Waals surface area contributed by atoms with Crippen LogP contribution in [0.25, 0.3) is 16.9 Å². The second kappa shape index (κ2) is 7.56. The lowest BCUT2D eigenvalue weighted by atomic mass is 10.1. The van der Waals surface area contributed by atoms with Gasteiger partial charge in [-0.05, 0) is 0 Å². The average Bonchev–Trinajstić information content (AvgIpc) is 2.77. The first-order chi connectivity index (χ1) is 14.7. The Bertz CT molecular complexity index is 1320. The first-order valence-corrected chi connectivity index (χ1v) is 7.58. The number of halogens is 13. The quantitative estimate of drug-likeness (QED) is 0.276. The number of pyridine rings is 1. The predicted octanol–water partition coefficient (Wildman–Crippen LogP) is 5.31. The van der Waals surface area contributed by atoms with Crippen LogP contribution in [-0.4, -0.2) is 4.57 Å². The first-order valence-electron chi connectivity index (χ1n) is 7.58. The summed E-state index contributed by atoms with van der Waals surface area (Å²) in [6.45, 7) is 0. The summed E-state index contributed by atoms with van der Waals surface area (Å²) < 4.78 is 178. The van der Waals surface area contributed by atoms with Crippen molar-refractivity contribution in [2.45, 2.75) is 0 Å². The highest BCUT2D eigenvalue weighted by Crippen LogP contribution is 2.36. The van der Waals surface area contributed by atoms with Crippen molar-refractivity contribution in [3.05, 3.63) is 86.0 Å². The Labute approximate surface area is 165 Å². The van der Waals surface area contributed by atoms with E-state index in [0.717, 1.165) is 0 Å². The summed E-state index contributed by atoms with van der Waals surface area (Å²) in [5.41, 5.74) is -10.5. The summed E-state index contributed by atoms with van der Waals surface area (Å²) in [4.78, 5) is 12.0. The Kier molecular flexibility index (Phi) is 5.47. The van der Waals surface area contributed by atoms with Crippen LogP contribution in [0.1, 0.15) is 0 Å². The van der Waals surface area contributed by atoms with Crippen molar-refractivity contribution < 1.29 is 57.1 Å². The average molecular weight is 481 g/mol. The van der Waals surface area contributed by atoms with E-state index in [1.165, 1.54) is 0 Å². The molecular weight excluding hydrogens is 481 g/mol. The van der Waals surface area contributed by atoms with E-state index < -0.39 is 103 Å². The van der Waals surface area contributed by atoms with Crippen LogP contribution in [0.4, 0.5) is 57.1 Å². The normalized spacial score (nSPS) is 11.4. The molecule has 3 aromatic rings. The molecule has 0 spiro atoms. The molecule has 0 aliphatic heterocycles. The first kappa shape index (κ1) is 23.1. The van der Waals surface area contributed by atoms with Gasteiger partial charge in [0, 0.05) is 0 Å². The molecule has 32 heavy (non-hydrogen) atoms. The van der Waals surface area contributed by atoms with Gasteiger partial charge < -0.3 is 0 Å². The van der Waals surface area contributed by atoms with Gasteiger partial charge in [0.2, 0.25) is 23.3 Å². The predicted molar refractivity (Wildman–Crippen MR) is 76.9 cm³/mol. The van der Waals surface area contributed by atoms with Crippen LogP contribution in [0.15, 0.2) is 4.79 Å². The maximum atomic E-state index is 14.4. The molecule has 170 valence electrons. The lowest BCUT2D eigenvalue weighted by Gasteiger charge is -2.18. The van der Waals surface area contributed by atoms with Crippen LogP contribution in [0, 0.1) is 75.6 Å². The molecule has 2 aromatic carbocycles. The van der Waals surface area contributed by atoms with Gasteiger partial charge in [-0.3, -0.25) is 9.36 Å². The lowest BCUT2D eigenvalue weighted by Crippen LogP contribution is -2.30. The summed E-state index contributed by atoms with van der Waals surface area (Å²) in [6, 6.07) is 0. The van der Waals surface area contributed by atoms with Crippen LogP contribution in [-0.2, 0) is 0 Å². The van der Waals surface area contributed by atoms with Crippen molar-refractivity contribution in [2.75, 3.05) is 0 Å². The summed E-state index contributed by atoms with van der Waals surface area (Å²) in [6.07, 6.45) is 0. The third-order valence-electron chi connectivity index (χ3n) is 4.06. The molecule has 0 bridgehead atoms. The molecule has 0 aliphatic rings. The third kappa shape index (κ3) is 2.94. The van der Waals surface area contributed by atoms with Crippen molar-refractivity contribution in [3.8, 4) is 16.9 Å². The summed E-state index contributed by atoms with van der Waals surface area (Å²) >= 11 is 0. The lowest BCUT2D eigenvalue weighted by molar-refractivity contribution is 0.370. The van der Waals surface area contributed by atoms with Crippen molar-refractivity contribution in [1.29, 1.82) is 0 Å². The zero-order valence-corrected chi connectivity index (χ0v) is 14.3. The molecule has 0 saturated heterocycles. The van der Waals surface area contributed by atoms with Crippen molar-refractivity contribution in [2.24, 2.45) is 0 Å². The molecule has 0 unspecified atom stereocenters. The largest absolute Gasteiger partial charge is 0.295 e. The molecule has 0 N–H and O–H groups in total. The van der Waals surface area contributed by atoms with Gasteiger partial charge in [0.05, 0.1) is 5.56 Å². The van der Waals surface area contributed by atoms with Crippen molar-refractivity contribution in [1.82, 2.24) is 4.57 Å². The Morgan fingerprint density at radius 1 is 0.375 bits per heavy atom. The molecule has 2 nitrogen and oxygen atoms in total. The topological polar surface area (TPSA) is 22.0 Å². The SMILES string of the molecule is O=c1c(F)c(F)c(F)c(-c2c(F)c(F)c(F)c(F)c2F)n1-c1c(F)c(F)c(F)c(F)c1F. The summed E-state index contributed by atoms with van der Waals surface area (Å²) in [7, 11) is 0. The van der Waals surface area contributed by atoms with Gasteiger partial charge in [-0.2, -0.15) is 4.39 Å². The molecule has 0 fully saturated rings. The van der Waals surface area contributed by atoms with E-state index in [4.69, 9.17) is 0 Å². The minimum Gasteiger partial charge on any atom is -0.265 e. The molecule has 3 rings (SSSR count).